The van der Waals surface area contributed by atoms with Crippen molar-refractivity contribution in [3.05, 3.63) is 38.3 Å². The lowest BCUT2D eigenvalue weighted by Gasteiger charge is -2.08. The standard InChI is InChI=1S/C13H10ClFIN3/c14-8-5-7(3-4-9(8)15)13-18-11(6-1-2-6)10(16)12(17)19-13/h3-6H,1-2H2,(H2,17,18,19). The topological polar surface area (TPSA) is 51.8 Å². The van der Waals surface area contributed by atoms with Crippen LogP contribution in [0.15, 0.2) is 18.2 Å². The normalized spacial score (nSPS) is 14.7. The number of nitrogens with zero attached hydrogens (tertiary/aromatic N) is 2. The maximum Gasteiger partial charge on any atom is 0.161 e. The third-order valence-corrected chi connectivity index (χ3v) is 4.44. The first-order valence-corrected chi connectivity index (χ1v) is 7.30. The molecule has 2 aromatic rings. The van der Waals surface area contributed by atoms with Crippen LogP contribution in [-0.4, -0.2) is 9.97 Å². The summed E-state index contributed by atoms with van der Waals surface area (Å²) in [6.07, 6.45) is 2.27. The largest absolute Gasteiger partial charge is 0.383 e. The first-order chi connectivity index (χ1) is 9.06. The van der Waals surface area contributed by atoms with Crippen LogP contribution in [0.1, 0.15) is 24.5 Å². The van der Waals surface area contributed by atoms with Crippen molar-refractivity contribution in [2.75, 3.05) is 5.73 Å². The van der Waals surface area contributed by atoms with Crippen LogP contribution >= 0.6 is 34.2 Å². The fourth-order valence-electron chi connectivity index (χ4n) is 1.87. The van der Waals surface area contributed by atoms with Gasteiger partial charge in [0.1, 0.15) is 11.6 Å². The minimum absolute atomic E-state index is 0.0613. The average molecular weight is 390 g/mol. The van der Waals surface area contributed by atoms with Gasteiger partial charge in [0.25, 0.3) is 0 Å². The van der Waals surface area contributed by atoms with Gasteiger partial charge in [0.15, 0.2) is 5.82 Å². The van der Waals surface area contributed by atoms with Crippen LogP contribution in [-0.2, 0) is 0 Å². The molecule has 1 aromatic heterocycles. The molecule has 1 fully saturated rings. The average Bonchev–Trinajstić information content (AvgIpc) is 3.20. The number of anilines is 1. The zero-order valence-corrected chi connectivity index (χ0v) is 12.7. The molecule has 3 rings (SSSR count). The van der Waals surface area contributed by atoms with Gasteiger partial charge >= 0.3 is 0 Å². The van der Waals surface area contributed by atoms with Gasteiger partial charge in [-0.2, -0.15) is 0 Å². The predicted molar refractivity (Wildman–Crippen MR) is 81.5 cm³/mol. The number of nitrogen functional groups attached to an aromatic ring is 1. The number of nitrogens with two attached hydrogens (primary N) is 1. The Morgan fingerprint density at radius 1 is 1.32 bits per heavy atom. The first kappa shape index (κ1) is 13.1. The van der Waals surface area contributed by atoms with Crippen LogP contribution in [0.5, 0.6) is 0 Å². The molecule has 0 unspecified atom stereocenters. The van der Waals surface area contributed by atoms with Gasteiger partial charge in [-0.1, -0.05) is 11.6 Å². The van der Waals surface area contributed by atoms with Gasteiger partial charge in [-0.3, -0.25) is 0 Å². The molecule has 1 heterocycles. The van der Waals surface area contributed by atoms with Gasteiger partial charge in [0.05, 0.1) is 14.3 Å². The number of hydrogen-bond acceptors (Lipinski definition) is 3. The highest BCUT2D eigenvalue weighted by Crippen LogP contribution is 2.42. The minimum atomic E-state index is -0.452. The van der Waals surface area contributed by atoms with E-state index in [-0.39, 0.29) is 5.02 Å². The molecule has 1 aliphatic rings. The second kappa shape index (κ2) is 4.86. The molecule has 98 valence electrons. The summed E-state index contributed by atoms with van der Waals surface area (Å²) >= 11 is 7.96. The molecule has 0 aliphatic heterocycles. The molecule has 0 bridgehead atoms. The van der Waals surface area contributed by atoms with Crippen molar-refractivity contribution < 1.29 is 4.39 Å². The zero-order valence-electron chi connectivity index (χ0n) is 9.83. The SMILES string of the molecule is Nc1nc(-c2ccc(F)c(Cl)c2)nc(C2CC2)c1I. The summed E-state index contributed by atoms with van der Waals surface area (Å²) in [5.74, 6) is 0.993. The number of hydrogen-bond donors (Lipinski definition) is 1. The van der Waals surface area contributed by atoms with Crippen molar-refractivity contribution in [2.45, 2.75) is 18.8 Å². The van der Waals surface area contributed by atoms with Crippen LogP contribution in [0.3, 0.4) is 0 Å². The van der Waals surface area contributed by atoms with Gasteiger partial charge in [0.2, 0.25) is 0 Å². The van der Waals surface area contributed by atoms with Crippen molar-refractivity contribution in [2.24, 2.45) is 0 Å². The molecule has 0 amide bonds. The zero-order chi connectivity index (χ0) is 13.6. The third kappa shape index (κ3) is 2.53. The summed E-state index contributed by atoms with van der Waals surface area (Å²) in [5.41, 5.74) is 7.59. The van der Waals surface area contributed by atoms with E-state index < -0.39 is 5.82 Å². The van der Waals surface area contributed by atoms with Gasteiger partial charge in [0, 0.05) is 11.5 Å². The summed E-state index contributed by atoms with van der Waals surface area (Å²) < 4.78 is 14.1. The van der Waals surface area contributed by atoms with Crippen LogP contribution in [0.4, 0.5) is 10.2 Å². The van der Waals surface area contributed by atoms with E-state index in [2.05, 4.69) is 32.6 Å². The summed E-state index contributed by atoms with van der Waals surface area (Å²) in [7, 11) is 0. The molecule has 0 saturated heterocycles. The Kier molecular flexibility index (Phi) is 3.34. The van der Waals surface area contributed by atoms with Gasteiger partial charge in [-0.15, -0.1) is 0 Å². The fraction of sp³-hybridized carbons (Fsp3) is 0.231. The van der Waals surface area contributed by atoms with E-state index in [1.807, 2.05) is 0 Å². The van der Waals surface area contributed by atoms with Crippen LogP contribution < -0.4 is 5.73 Å². The van der Waals surface area contributed by atoms with Crippen molar-refractivity contribution in [3.63, 3.8) is 0 Å². The Balaban J connectivity index is 2.11. The molecule has 2 N–H and O–H groups in total. The van der Waals surface area contributed by atoms with Crippen molar-refractivity contribution in [1.29, 1.82) is 0 Å². The fourth-order valence-corrected chi connectivity index (χ4v) is 2.74. The molecule has 3 nitrogen and oxygen atoms in total. The number of rotatable bonds is 2. The van der Waals surface area contributed by atoms with Gasteiger partial charge in [-0.25, -0.2) is 14.4 Å². The second-order valence-electron chi connectivity index (χ2n) is 4.53. The van der Waals surface area contributed by atoms with E-state index in [0.717, 1.165) is 22.1 Å². The summed E-state index contributed by atoms with van der Waals surface area (Å²) in [4.78, 5) is 8.82. The maximum absolute atomic E-state index is 13.2. The Labute approximate surface area is 128 Å². The molecule has 0 radical (unpaired) electrons. The highest BCUT2D eigenvalue weighted by molar-refractivity contribution is 14.1. The van der Waals surface area contributed by atoms with Gasteiger partial charge < -0.3 is 5.73 Å². The van der Waals surface area contributed by atoms with E-state index in [9.17, 15) is 4.39 Å². The van der Waals surface area contributed by atoms with E-state index >= 15 is 0 Å². The lowest BCUT2D eigenvalue weighted by molar-refractivity contribution is 0.628. The van der Waals surface area contributed by atoms with Crippen LogP contribution in [0, 0.1) is 9.39 Å². The van der Waals surface area contributed by atoms with Crippen molar-refractivity contribution in [1.82, 2.24) is 9.97 Å². The number of aromatic nitrogens is 2. The Morgan fingerprint density at radius 2 is 2.05 bits per heavy atom. The lowest BCUT2D eigenvalue weighted by atomic mass is 10.2. The van der Waals surface area contributed by atoms with Crippen LogP contribution in [0.25, 0.3) is 11.4 Å². The molecular formula is C13H10ClFIN3. The van der Waals surface area contributed by atoms with Crippen molar-refractivity contribution in [3.8, 4) is 11.4 Å². The molecular weight excluding hydrogens is 380 g/mol. The Morgan fingerprint density at radius 3 is 2.68 bits per heavy atom. The second-order valence-corrected chi connectivity index (χ2v) is 6.02. The predicted octanol–water partition coefficient (Wildman–Crippen LogP) is 4.00. The summed E-state index contributed by atoms with van der Waals surface area (Å²) in [5, 5.41) is 0.0613. The van der Waals surface area contributed by atoms with E-state index in [1.165, 1.54) is 12.1 Å². The lowest BCUT2D eigenvalue weighted by Crippen LogP contribution is -2.04. The molecule has 1 aromatic carbocycles. The highest BCUT2D eigenvalue weighted by atomic mass is 127. The molecule has 1 saturated carbocycles. The third-order valence-electron chi connectivity index (χ3n) is 3.04. The summed E-state index contributed by atoms with van der Waals surface area (Å²) in [6.45, 7) is 0. The Hall–Kier alpha value is -0.950. The monoisotopic (exact) mass is 389 g/mol. The molecule has 6 heteroatoms. The maximum atomic E-state index is 13.2. The minimum Gasteiger partial charge on any atom is -0.383 e. The number of halogens is 3. The van der Waals surface area contributed by atoms with Crippen molar-refractivity contribution >= 4 is 40.0 Å². The van der Waals surface area contributed by atoms with Crippen LogP contribution in [0.2, 0.25) is 5.02 Å². The molecule has 1 aliphatic carbocycles. The highest BCUT2D eigenvalue weighted by Gasteiger charge is 2.29. The molecule has 0 spiro atoms. The Bertz CT molecular complexity index is 659. The van der Waals surface area contributed by atoms with E-state index in [4.69, 9.17) is 17.3 Å². The van der Waals surface area contributed by atoms with E-state index in [1.54, 1.807) is 6.07 Å². The number of benzene rings is 1. The first-order valence-electron chi connectivity index (χ1n) is 5.84. The molecule has 19 heavy (non-hydrogen) atoms. The molecule has 0 atom stereocenters. The van der Waals surface area contributed by atoms with Gasteiger partial charge in [-0.05, 0) is 53.6 Å². The van der Waals surface area contributed by atoms with E-state index in [0.29, 0.717) is 23.1 Å². The quantitative estimate of drug-likeness (QED) is 0.790. The smallest absolute Gasteiger partial charge is 0.161 e. The summed E-state index contributed by atoms with van der Waals surface area (Å²) in [6, 6.07) is 4.45.